The Bertz CT molecular complexity index is 864. The molecule has 0 aliphatic carbocycles. The van der Waals surface area contributed by atoms with Crippen LogP contribution in [0.15, 0.2) is 67.0 Å². The Labute approximate surface area is 127 Å². The molecule has 4 heteroatoms. The molecular formula is C18H13N3O. The van der Waals surface area contributed by atoms with Crippen LogP contribution in [0.5, 0.6) is 0 Å². The number of carbonyl (C=O) groups excluding carboxylic acids is 1. The molecule has 1 aliphatic heterocycles. The zero-order chi connectivity index (χ0) is 14.9. The molecule has 0 bridgehead atoms. The highest BCUT2D eigenvalue weighted by molar-refractivity contribution is 6.00. The van der Waals surface area contributed by atoms with Crippen LogP contribution in [-0.2, 0) is 6.42 Å². The van der Waals surface area contributed by atoms with Gasteiger partial charge in [0.1, 0.15) is 0 Å². The number of rotatable bonds is 2. The Morgan fingerprint density at radius 3 is 2.59 bits per heavy atom. The quantitative estimate of drug-likeness (QED) is 0.727. The number of nitrogens with zero attached hydrogens (tertiary/aromatic N) is 3. The number of hydrogen-bond donors (Lipinski definition) is 0. The molecule has 0 amide bonds. The van der Waals surface area contributed by atoms with Crippen LogP contribution < -0.4 is 0 Å². The van der Waals surface area contributed by atoms with E-state index in [9.17, 15) is 4.79 Å². The third kappa shape index (κ3) is 2.05. The van der Waals surface area contributed by atoms with E-state index in [1.165, 1.54) is 4.68 Å². The fraction of sp³-hybridized carbons (Fsp3) is 0.0556. The van der Waals surface area contributed by atoms with E-state index in [0.717, 1.165) is 28.1 Å². The van der Waals surface area contributed by atoms with Crippen molar-refractivity contribution in [3.05, 3.63) is 78.3 Å². The summed E-state index contributed by atoms with van der Waals surface area (Å²) in [7, 11) is 0. The van der Waals surface area contributed by atoms with Gasteiger partial charge in [0.2, 0.25) is 0 Å². The predicted octanol–water partition coefficient (Wildman–Crippen LogP) is 3.23. The molecule has 3 aromatic rings. The van der Waals surface area contributed by atoms with Crippen molar-refractivity contribution >= 4 is 11.5 Å². The third-order valence-corrected chi connectivity index (χ3v) is 3.82. The van der Waals surface area contributed by atoms with E-state index in [4.69, 9.17) is 0 Å². The van der Waals surface area contributed by atoms with Crippen LogP contribution in [-0.4, -0.2) is 20.7 Å². The lowest BCUT2D eigenvalue weighted by Gasteiger charge is -2.15. The van der Waals surface area contributed by atoms with Crippen LogP contribution in [0.1, 0.15) is 16.1 Å². The molecule has 0 N–H and O–H groups in total. The zero-order valence-electron chi connectivity index (χ0n) is 11.8. The topological polar surface area (TPSA) is 47.8 Å². The summed E-state index contributed by atoms with van der Waals surface area (Å²) in [5.41, 5.74) is 4.72. The summed E-state index contributed by atoms with van der Waals surface area (Å²) in [6, 6.07) is 15.7. The maximum absolute atomic E-state index is 12.3. The van der Waals surface area contributed by atoms with Gasteiger partial charge in [-0.05, 0) is 23.3 Å². The Hall–Kier alpha value is -3.01. The lowest BCUT2D eigenvalue weighted by atomic mass is 9.96. The van der Waals surface area contributed by atoms with Gasteiger partial charge in [-0.1, -0.05) is 36.4 Å². The highest BCUT2D eigenvalue weighted by atomic mass is 16.2. The van der Waals surface area contributed by atoms with E-state index in [-0.39, 0.29) is 5.91 Å². The fourth-order valence-electron chi connectivity index (χ4n) is 2.75. The van der Waals surface area contributed by atoms with Gasteiger partial charge in [0.05, 0.1) is 17.6 Å². The van der Waals surface area contributed by atoms with Gasteiger partial charge in [0.25, 0.3) is 5.91 Å². The van der Waals surface area contributed by atoms with Crippen molar-refractivity contribution in [1.82, 2.24) is 14.8 Å². The van der Waals surface area contributed by atoms with Crippen LogP contribution in [0.2, 0.25) is 0 Å². The Morgan fingerprint density at radius 1 is 1.00 bits per heavy atom. The van der Waals surface area contributed by atoms with Crippen LogP contribution in [0.4, 0.5) is 0 Å². The smallest absolute Gasteiger partial charge is 0.267 e. The lowest BCUT2D eigenvalue weighted by Crippen LogP contribution is -2.18. The van der Waals surface area contributed by atoms with E-state index >= 15 is 0 Å². The molecular weight excluding hydrogens is 274 g/mol. The molecule has 106 valence electrons. The van der Waals surface area contributed by atoms with Gasteiger partial charge in [-0.15, -0.1) is 0 Å². The lowest BCUT2D eigenvalue weighted by molar-refractivity contribution is 0.0949. The number of carbonyl (C=O) groups is 1. The largest absolute Gasteiger partial charge is 0.271 e. The van der Waals surface area contributed by atoms with Gasteiger partial charge < -0.3 is 0 Å². The first-order valence-electron chi connectivity index (χ1n) is 7.11. The van der Waals surface area contributed by atoms with Gasteiger partial charge in [0.15, 0.2) is 0 Å². The molecule has 2 aromatic heterocycles. The minimum absolute atomic E-state index is 0.109. The number of aromatic nitrogens is 3. The van der Waals surface area contributed by atoms with Crippen molar-refractivity contribution in [1.29, 1.82) is 0 Å². The maximum atomic E-state index is 12.3. The molecule has 0 saturated heterocycles. The number of fused-ring (bicyclic) bond motifs is 1. The second kappa shape index (κ2) is 5.07. The van der Waals surface area contributed by atoms with Gasteiger partial charge in [0, 0.05) is 24.3 Å². The average molecular weight is 287 g/mol. The third-order valence-electron chi connectivity index (χ3n) is 3.82. The van der Waals surface area contributed by atoms with Crippen molar-refractivity contribution < 1.29 is 4.79 Å². The summed E-state index contributed by atoms with van der Waals surface area (Å²) in [6.07, 6.45) is 5.80. The molecule has 4 rings (SSSR count). The number of allylic oxidation sites excluding steroid dienone is 2. The first kappa shape index (κ1) is 12.7. The summed E-state index contributed by atoms with van der Waals surface area (Å²) >= 11 is 0. The van der Waals surface area contributed by atoms with E-state index < -0.39 is 0 Å². The highest BCUT2D eigenvalue weighted by Crippen LogP contribution is 2.30. The molecule has 0 radical (unpaired) electrons. The zero-order valence-corrected chi connectivity index (χ0v) is 11.8. The molecule has 4 nitrogen and oxygen atoms in total. The van der Waals surface area contributed by atoms with Crippen molar-refractivity contribution in [3.8, 4) is 11.3 Å². The number of hydrogen-bond acceptors (Lipinski definition) is 3. The van der Waals surface area contributed by atoms with E-state index in [1.807, 2.05) is 48.5 Å². The highest BCUT2D eigenvalue weighted by Gasteiger charge is 2.23. The van der Waals surface area contributed by atoms with Crippen LogP contribution in [0, 0.1) is 0 Å². The van der Waals surface area contributed by atoms with Gasteiger partial charge in [-0.3, -0.25) is 9.78 Å². The first-order valence-corrected chi connectivity index (χ1v) is 7.11. The van der Waals surface area contributed by atoms with Crippen LogP contribution in [0.25, 0.3) is 16.8 Å². The second-order valence-electron chi connectivity index (χ2n) is 5.18. The SMILES string of the molecule is O=C1C=C(c2ccccc2)Cc2c(-c3ccccn3)cnn21. The molecule has 22 heavy (non-hydrogen) atoms. The summed E-state index contributed by atoms with van der Waals surface area (Å²) in [5.74, 6) is -0.109. The fourth-order valence-corrected chi connectivity index (χ4v) is 2.75. The molecule has 0 unspecified atom stereocenters. The minimum Gasteiger partial charge on any atom is -0.267 e. The van der Waals surface area contributed by atoms with E-state index in [0.29, 0.717) is 6.42 Å². The summed E-state index contributed by atoms with van der Waals surface area (Å²) in [6.45, 7) is 0. The Kier molecular flexibility index (Phi) is 2.93. The molecule has 0 fully saturated rings. The van der Waals surface area contributed by atoms with Crippen molar-refractivity contribution in [2.75, 3.05) is 0 Å². The Morgan fingerprint density at radius 2 is 1.82 bits per heavy atom. The molecule has 0 spiro atoms. The van der Waals surface area contributed by atoms with Crippen LogP contribution >= 0.6 is 0 Å². The summed E-state index contributed by atoms with van der Waals surface area (Å²) < 4.78 is 1.47. The molecule has 1 aliphatic rings. The molecule has 1 aromatic carbocycles. The van der Waals surface area contributed by atoms with Crippen LogP contribution in [0.3, 0.4) is 0 Å². The van der Waals surface area contributed by atoms with Gasteiger partial charge in [-0.2, -0.15) is 5.10 Å². The molecule has 3 heterocycles. The van der Waals surface area contributed by atoms with Crippen molar-refractivity contribution in [2.45, 2.75) is 6.42 Å². The standard InChI is InChI=1S/C18H13N3O/c22-18-11-14(13-6-2-1-3-7-13)10-17-15(12-20-21(17)18)16-8-4-5-9-19-16/h1-9,11-12H,10H2. The van der Waals surface area contributed by atoms with E-state index in [1.54, 1.807) is 18.5 Å². The summed E-state index contributed by atoms with van der Waals surface area (Å²) in [4.78, 5) is 16.7. The predicted molar refractivity (Wildman–Crippen MR) is 84.2 cm³/mol. The minimum atomic E-state index is -0.109. The number of benzene rings is 1. The number of pyridine rings is 1. The van der Waals surface area contributed by atoms with Gasteiger partial charge in [-0.25, -0.2) is 4.68 Å². The monoisotopic (exact) mass is 287 g/mol. The van der Waals surface area contributed by atoms with Crippen molar-refractivity contribution in [2.24, 2.45) is 0 Å². The maximum Gasteiger partial charge on any atom is 0.271 e. The second-order valence-corrected chi connectivity index (χ2v) is 5.18. The summed E-state index contributed by atoms with van der Waals surface area (Å²) in [5, 5.41) is 4.22. The molecule has 0 saturated carbocycles. The van der Waals surface area contributed by atoms with Gasteiger partial charge >= 0.3 is 0 Å². The first-order chi connectivity index (χ1) is 10.8. The van der Waals surface area contributed by atoms with Crippen molar-refractivity contribution in [3.63, 3.8) is 0 Å². The van der Waals surface area contributed by atoms with E-state index in [2.05, 4.69) is 10.1 Å². The molecule has 0 atom stereocenters. The normalized spacial score (nSPS) is 13.6. The Balaban J connectivity index is 1.80. The average Bonchev–Trinajstić information content (AvgIpc) is 3.01.